The van der Waals surface area contributed by atoms with Gasteiger partial charge in [-0.1, -0.05) is 11.6 Å². The summed E-state index contributed by atoms with van der Waals surface area (Å²) in [6.45, 7) is 6.51. The van der Waals surface area contributed by atoms with Gasteiger partial charge in [0.1, 0.15) is 5.60 Å². The molecule has 0 aliphatic heterocycles. The average Bonchev–Trinajstić information content (AvgIpc) is 2.31. The highest BCUT2D eigenvalue weighted by Crippen LogP contribution is 2.10. The number of carbonyl (C=O) groups excluding carboxylic acids is 2. The Morgan fingerprint density at radius 3 is 2.40 bits per heavy atom. The molecule has 0 heterocycles. The van der Waals surface area contributed by atoms with E-state index in [0.29, 0.717) is 19.5 Å². The van der Waals surface area contributed by atoms with Crippen LogP contribution in [0.5, 0.6) is 0 Å². The van der Waals surface area contributed by atoms with Gasteiger partial charge in [0.25, 0.3) is 0 Å². The monoisotopic (exact) mass is 325 g/mol. The van der Waals surface area contributed by atoms with Crippen molar-refractivity contribution in [3.05, 3.63) is 0 Å². The van der Waals surface area contributed by atoms with Gasteiger partial charge in [-0.3, -0.25) is 4.79 Å². The van der Waals surface area contributed by atoms with Crippen LogP contribution < -0.4 is 0 Å². The number of nitrogens with zero attached hydrogens (tertiary/aromatic N) is 1. The number of esters is 1. The standard InChI is InChI=1S/C13H24ClNO4S/c1-13(2,3)19-11(16)6-5-7-15(8-9-20-4)12(17)18-10-14/h5-10H2,1-4H3. The highest BCUT2D eigenvalue weighted by Gasteiger charge is 2.18. The van der Waals surface area contributed by atoms with Gasteiger partial charge in [-0.05, 0) is 33.4 Å². The minimum atomic E-state index is -0.479. The van der Waals surface area contributed by atoms with Crippen LogP contribution in [-0.2, 0) is 14.3 Å². The fraction of sp³-hybridized carbons (Fsp3) is 0.846. The van der Waals surface area contributed by atoms with Gasteiger partial charge in [-0.15, -0.1) is 0 Å². The van der Waals surface area contributed by atoms with Crippen LogP contribution in [0, 0.1) is 0 Å². The number of amides is 1. The van der Waals surface area contributed by atoms with Gasteiger partial charge in [-0.25, -0.2) is 4.79 Å². The van der Waals surface area contributed by atoms with E-state index in [1.807, 2.05) is 27.0 Å². The van der Waals surface area contributed by atoms with Crippen molar-refractivity contribution in [2.24, 2.45) is 0 Å². The molecule has 0 atom stereocenters. The van der Waals surface area contributed by atoms with Crippen molar-refractivity contribution in [1.29, 1.82) is 0 Å². The predicted octanol–water partition coefficient (Wildman–Crippen LogP) is 3.11. The van der Waals surface area contributed by atoms with E-state index >= 15 is 0 Å². The van der Waals surface area contributed by atoms with Crippen molar-refractivity contribution >= 4 is 35.4 Å². The third-order valence-electron chi connectivity index (χ3n) is 2.23. The number of carbonyl (C=O) groups is 2. The molecule has 0 aliphatic carbocycles. The number of thioether (sulfide) groups is 1. The second-order valence-corrected chi connectivity index (χ2v) is 6.39. The minimum Gasteiger partial charge on any atom is -0.460 e. The molecule has 0 fully saturated rings. The van der Waals surface area contributed by atoms with Gasteiger partial charge >= 0.3 is 12.1 Å². The minimum absolute atomic E-state index is 0.166. The number of ether oxygens (including phenoxy) is 2. The fourth-order valence-corrected chi connectivity index (χ4v) is 1.94. The number of rotatable bonds is 8. The van der Waals surface area contributed by atoms with E-state index in [2.05, 4.69) is 0 Å². The zero-order chi connectivity index (χ0) is 15.6. The average molecular weight is 326 g/mol. The molecule has 0 saturated carbocycles. The maximum Gasteiger partial charge on any atom is 0.410 e. The van der Waals surface area contributed by atoms with Crippen molar-refractivity contribution in [2.75, 3.05) is 31.2 Å². The molecule has 0 bridgehead atoms. The highest BCUT2D eigenvalue weighted by atomic mass is 35.5. The quantitative estimate of drug-likeness (QED) is 0.507. The molecule has 0 saturated heterocycles. The van der Waals surface area contributed by atoms with Crippen LogP contribution in [0.2, 0.25) is 0 Å². The molecular weight excluding hydrogens is 302 g/mol. The van der Waals surface area contributed by atoms with E-state index in [-0.39, 0.29) is 18.5 Å². The summed E-state index contributed by atoms with van der Waals surface area (Å²) in [6, 6.07) is -0.166. The molecule has 20 heavy (non-hydrogen) atoms. The lowest BCUT2D eigenvalue weighted by molar-refractivity contribution is -0.155. The van der Waals surface area contributed by atoms with E-state index in [0.717, 1.165) is 5.75 Å². The SMILES string of the molecule is CSCCN(CCCC(=O)OC(C)(C)C)C(=O)OCCl. The summed E-state index contributed by atoms with van der Waals surface area (Å²) >= 11 is 7.02. The van der Waals surface area contributed by atoms with Crippen LogP contribution in [0.25, 0.3) is 0 Å². The summed E-state index contributed by atoms with van der Waals surface area (Å²) in [4.78, 5) is 24.8. The Hall–Kier alpha value is -0.620. The number of hydrogen-bond donors (Lipinski definition) is 0. The first-order valence-electron chi connectivity index (χ1n) is 6.48. The summed E-state index contributed by atoms with van der Waals surface area (Å²) in [7, 11) is 0. The van der Waals surface area contributed by atoms with Crippen molar-refractivity contribution in [3.63, 3.8) is 0 Å². The molecule has 0 aromatic rings. The summed E-state index contributed by atoms with van der Waals surface area (Å²) in [5, 5.41) is 0. The van der Waals surface area contributed by atoms with Crippen LogP contribution >= 0.6 is 23.4 Å². The zero-order valence-electron chi connectivity index (χ0n) is 12.6. The molecule has 0 aliphatic rings. The summed E-state index contributed by atoms with van der Waals surface area (Å²) in [5.74, 6) is 0.553. The number of hydrogen-bond acceptors (Lipinski definition) is 5. The molecule has 5 nitrogen and oxygen atoms in total. The lowest BCUT2D eigenvalue weighted by Crippen LogP contribution is -2.34. The highest BCUT2D eigenvalue weighted by molar-refractivity contribution is 7.98. The zero-order valence-corrected chi connectivity index (χ0v) is 14.2. The second-order valence-electron chi connectivity index (χ2n) is 5.19. The van der Waals surface area contributed by atoms with Crippen molar-refractivity contribution in [3.8, 4) is 0 Å². The molecule has 0 unspecified atom stereocenters. The Labute approximate surface area is 130 Å². The molecule has 1 amide bonds. The van der Waals surface area contributed by atoms with E-state index in [1.54, 1.807) is 16.7 Å². The van der Waals surface area contributed by atoms with Crippen LogP contribution in [0.15, 0.2) is 0 Å². The van der Waals surface area contributed by atoms with Crippen molar-refractivity contribution in [2.45, 2.75) is 39.2 Å². The first kappa shape index (κ1) is 19.4. The van der Waals surface area contributed by atoms with Gasteiger partial charge in [0.15, 0.2) is 6.07 Å². The molecular formula is C13H24ClNO4S. The van der Waals surface area contributed by atoms with Crippen molar-refractivity contribution in [1.82, 2.24) is 4.90 Å². The third-order valence-corrected chi connectivity index (χ3v) is 2.93. The fourth-order valence-electron chi connectivity index (χ4n) is 1.44. The molecule has 118 valence electrons. The molecule has 0 N–H and O–H groups in total. The summed E-state index contributed by atoms with van der Waals surface area (Å²) in [6.07, 6.45) is 2.34. The molecule has 0 aromatic carbocycles. The molecule has 0 aromatic heterocycles. The maximum atomic E-state index is 11.6. The van der Waals surface area contributed by atoms with Crippen LogP contribution in [-0.4, -0.2) is 53.7 Å². The second kappa shape index (κ2) is 10.2. The molecule has 0 radical (unpaired) electrons. The van der Waals surface area contributed by atoms with Gasteiger partial charge in [0, 0.05) is 25.3 Å². The van der Waals surface area contributed by atoms with E-state index < -0.39 is 11.7 Å². The Kier molecular flexibility index (Phi) is 9.84. The summed E-state index contributed by atoms with van der Waals surface area (Å²) in [5.41, 5.74) is -0.479. The normalized spacial score (nSPS) is 11.1. The lowest BCUT2D eigenvalue weighted by atomic mass is 10.2. The number of alkyl halides is 1. The smallest absolute Gasteiger partial charge is 0.410 e. The summed E-state index contributed by atoms with van der Waals surface area (Å²) < 4.78 is 9.98. The van der Waals surface area contributed by atoms with Crippen LogP contribution in [0.4, 0.5) is 4.79 Å². The largest absolute Gasteiger partial charge is 0.460 e. The molecule has 0 rings (SSSR count). The first-order chi connectivity index (χ1) is 9.30. The molecule has 0 spiro atoms. The van der Waals surface area contributed by atoms with Gasteiger partial charge in [-0.2, -0.15) is 11.8 Å². The van der Waals surface area contributed by atoms with Crippen LogP contribution in [0.1, 0.15) is 33.6 Å². The third kappa shape index (κ3) is 10.2. The molecule has 7 heteroatoms. The Morgan fingerprint density at radius 2 is 1.90 bits per heavy atom. The van der Waals surface area contributed by atoms with Gasteiger partial charge in [0.2, 0.25) is 0 Å². The van der Waals surface area contributed by atoms with Crippen LogP contribution in [0.3, 0.4) is 0 Å². The topological polar surface area (TPSA) is 55.8 Å². The van der Waals surface area contributed by atoms with Gasteiger partial charge in [0.05, 0.1) is 0 Å². The Bertz CT molecular complexity index is 307. The lowest BCUT2D eigenvalue weighted by Gasteiger charge is -2.22. The number of halogens is 1. The van der Waals surface area contributed by atoms with Crippen molar-refractivity contribution < 1.29 is 19.1 Å². The van der Waals surface area contributed by atoms with E-state index in [1.165, 1.54) is 0 Å². The Morgan fingerprint density at radius 1 is 1.25 bits per heavy atom. The first-order valence-corrected chi connectivity index (χ1v) is 8.41. The van der Waals surface area contributed by atoms with E-state index in [4.69, 9.17) is 21.1 Å². The Balaban J connectivity index is 4.12. The maximum absolute atomic E-state index is 11.6. The van der Waals surface area contributed by atoms with E-state index in [9.17, 15) is 9.59 Å². The van der Waals surface area contributed by atoms with Gasteiger partial charge < -0.3 is 14.4 Å². The predicted molar refractivity (Wildman–Crippen MR) is 82.2 cm³/mol.